The largest absolute Gasteiger partial charge is 0.314 e. The Morgan fingerprint density at radius 2 is 2.00 bits per heavy atom. The van der Waals surface area contributed by atoms with E-state index in [4.69, 9.17) is 0 Å². The lowest BCUT2D eigenvalue weighted by Gasteiger charge is -2.29. The summed E-state index contributed by atoms with van der Waals surface area (Å²) in [6, 6.07) is 0.726. The van der Waals surface area contributed by atoms with Gasteiger partial charge in [0.2, 0.25) is 0 Å². The first-order chi connectivity index (χ1) is 3.80. The van der Waals surface area contributed by atoms with Crippen LogP contribution in [0.5, 0.6) is 0 Å². The maximum atomic E-state index is 3.32. The van der Waals surface area contributed by atoms with Gasteiger partial charge in [-0.25, -0.2) is 0 Å². The molecule has 64 valence electrons. The molecular weight excluding hydrogens is 171 g/mol. The van der Waals surface area contributed by atoms with E-state index in [1.54, 1.807) is 0 Å². The summed E-state index contributed by atoms with van der Waals surface area (Å²) in [6.45, 7) is 5.74. The van der Waals surface area contributed by atoms with Gasteiger partial charge in [-0.2, -0.15) is 0 Å². The van der Waals surface area contributed by atoms with Crippen LogP contribution in [0.25, 0.3) is 0 Å². The van der Waals surface area contributed by atoms with Gasteiger partial charge >= 0.3 is 0 Å². The van der Waals surface area contributed by atoms with Crippen LogP contribution in [0.1, 0.15) is 6.92 Å². The molecule has 1 aliphatic heterocycles. The molecule has 1 heterocycles. The van der Waals surface area contributed by atoms with Crippen molar-refractivity contribution in [1.29, 1.82) is 0 Å². The van der Waals surface area contributed by atoms with Gasteiger partial charge in [-0.05, 0) is 14.0 Å². The summed E-state index contributed by atoms with van der Waals surface area (Å²) in [5.74, 6) is 0. The van der Waals surface area contributed by atoms with Gasteiger partial charge in [0.25, 0.3) is 0 Å². The normalized spacial score (nSPS) is 26.4. The van der Waals surface area contributed by atoms with Gasteiger partial charge in [-0.3, -0.25) is 0 Å². The van der Waals surface area contributed by atoms with E-state index in [2.05, 4.69) is 24.2 Å². The Kier molecular flexibility index (Phi) is 8.17. The SMILES string of the molecule is C[C@@H]1CNCCN1C.Cl.Cl. The van der Waals surface area contributed by atoms with Crippen molar-refractivity contribution in [2.45, 2.75) is 13.0 Å². The molecule has 0 aromatic carbocycles. The van der Waals surface area contributed by atoms with E-state index in [0.29, 0.717) is 0 Å². The van der Waals surface area contributed by atoms with Crippen LogP contribution in [-0.2, 0) is 0 Å². The molecule has 0 radical (unpaired) electrons. The molecule has 0 saturated carbocycles. The number of halogens is 2. The monoisotopic (exact) mass is 186 g/mol. The Morgan fingerprint density at radius 3 is 2.30 bits per heavy atom. The lowest BCUT2D eigenvalue weighted by atomic mass is 10.2. The molecule has 1 saturated heterocycles. The van der Waals surface area contributed by atoms with E-state index in [1.807, 2.05) is 0 Å². The van der Waals surface area contributed by atoms with Crippen molar-refractivity contribution < 1.29 is 0 Å². The fourth-order valence-electron chi connectivity index (χ4n) is 0.943. The third-order valence-corrected chi connectivity index (χ3v) is 1.83. The maximum Gasteiger partial charge on any atom is 0.0189 e. The molecule has 10 heavy (non-hydrogen) atoms. The van der Waals surface area contributed by atoms with Crippen molar-refractivity contribution in [1.82, 2.24) is 10.2 Å². The number of hydrogen-bond donors (Lipinski definition) is 1. The summed E-state index contributed by atoms with van der Waals surface area (Å²) in [5.41, 5.74) is 0. The standard InChI is InChI=1S/C6H14N2.2ClH/c1-6-5-7-3-4-8(6)2;;/h6-7H,3-5H2,1-2H3;2*1H/t6-;;/m1../s1. The Balaban J connectivity index is 0. The van der Waals surface area contributed by atoms with Crippen LogP contribution in [0.4, 0.5) is 0 Å². The molecule has 4 heteroatoms. The Bertz CT molecular complexity index is 70.1. The quantitative estimate of drug-likeness (QED) is 0.602. The fourth-order valence-corrected chi connectivity index (χ4v) is 0.943. The molecule has 1 fully saturated rings. The smallest absolute Gasteiger partial charge is 0.0189 e. The van der Waals surface area contributed by atoms with Crippen molar-refractivity contribution in [3.8, 4) is 0 Å². The number of rotatable bonds is 0. The van der Waals surface area contributed by atoms with E-state index in [9.17, 15) is 0 Å². The molecule has 0 spiro atoms. The highest BCUT2D eigenvalue weighted by Gasteiger charge is 2.11. The third kappa shape index (κ3) is 3.62. The van der Waals surface area contributed by atoms with Crippen LogP contribution in [0.2, 0.25) is 0 Å². The molecule has 1 rings (SSSR count). The van der Waals surface area contributed by atoms with Crippen molar-refractivity contribution >= 4 is 24.8 Å². The van der Waals surface area contributed by atoms with Crippen LogP contribution in [0.3, 0.4) is 0 Å². The zero-order chi connectivity index (χ0) is 5.98. The van der Waals surface area contributed by atoms with E-state index in [1.165, 1.54) is 6.54 Å². The highest BCUT2D eigenvalue weighted by atomic mass is 35.5. The zero-order valence-electron chi connectivity index (χ0n) is 6.46. The summed E-state index contributed by atoms with van der Waals surface area (Å²) in [4.78, 5) is 2.37. The second-order valence-corrected chi connectivity index (χ2v) is 2.53. The minimum atomic E-state index is 0. The molecule has 0 aromatic heterocycles. The van der Waals surface area contributed by atoms with Gasteiger partial charge in [-0.1, -0.05) is 0 Å². The van der Waals surface area contributed by atoms with Crippen LogP contribution in [-0.4, -0.2) is 37.6 Å². The average Bonchev–Trinajstić information content (AvgIpc) is 1.77. The lowest BCUT2D eigenvalue weighted by molar-refractivity contribution is 0.215. The second-order valence-electron chi connectivity index (χ2n) is 2.53. The average molecular weight is 187 g/mol. The molecule has 0 unspecified atom stereocenters. The molecular formula is C6H16Cl2N2. The molecule has 0 bridgehead atoms. The number of hydrogen-bond acceptors (Lipinski definition) is 2. The topological polar surface area (TPSA) is 15.3 Å². The number of nitrogens with one attached hydrogen (secondary N) is 1. The number of piperazine rings is 1. The number of nitrogens with zero attached hydrogens (tertiary/aromatic N) is 1. The molecule has 1 N–H and O–H groups in total. The fraction of sp³-hybridized carbons (Fsp3) is 1.00. The summed E-state index contributed by atoms with van der Waals surface area (Å²) < 4.78 is 0. The van der Waals surface area contributed by atoms with Crippen LogP contribution in [0, 0.1) is 0 Å². The predicted molar refractivity (Wildman–Crippen MR) is 49.5 cm³/mol. The predicted octanol–water partition coefficient (Wildman–Crippen LogP) is 0.753. The summed E-state index contributed by atoms with van der Waals surface area (Å²) in [5, 5.41) is 3.32. The van der Waals surface area contributed by atoms with Crippen LogP contribution in [0.15, 0.2) is 0 Å². The summed E-state index contributed by atoms with van der Waals surface area (Å²) in [6.07, 6.45) is 0. The molecule has 0 amide bonds. The molecule has 0 aromatic rings. The van der Waals surface area contributed by atoms with E-state index >= 15 is 0 Å². The van der Waals surface area contributed by atoms with Gasteiger partial charge < -0.3 is 10.2 Å². The summed E-state index contributed by atoms with van der Waals surface area (Å²) in [7, 11) is 2.17. The van der Waals surface area contributed by atoms with Crippen molar-refractivity contribution in [3.05, 3.63) is 0 Å². The third-order valence-electron chi connectivity index (χ3n) is 1.83. The molecule has 1 aliphatic rings. The first-order valence-corrected chi connectivity index (χ1v) is 3.21. The molecule has 0 aliphatic carbocycles. The van der Waals surface area contributed by atoms with Gasteiger partial charge in [0.1, 0.15) is 0 Å². The highest BCUT2D eigenvalue weighted by molar-refractivity contribution is 5.85. The zero-order valence-corrected chi connectivity index (χ0v) is 8.10. The first-order valence-electron chi connectivity index (χ1n) is 3.21. The minimum absolute atomic E-state index is 0. The number of likely N-dealkylation sites (N-methyl/N-ethyl adjacent to an activating group) is 1. The van der Waals surface area contributed by atoms with Gasteiger partial charge in [0.15, 0.2) is 0 Å². The van der Waals surface area contributed by atoms with Gasteiger partial charge in [0, 0.05) is 25.7 Å². The first kappa shape index (κ1) is 13.1. The molecule has 2 nitrogen and oxygen atoms in total. The van der Waals surface area contributed by atoms with Gasteiger partial charge in [-0.15, -0.1) is 24.8 Å². The lowest BCUT2D eigenvalue weighted by Crippen LogP contribution is -2.47. The highest BCUT2D eigenvalue weighted by Crippen LogP contribution is 1.95. The van der Waals surface area contributed by atoms with Crippen LogP contribution >= 0.6 is 24.8 Å². The van der Waals surface area contributed by atoms with Crippen molar-refractivity contribution in [2.75, 3.05) is 26.7 Å². The van der Waals surface area contributed by atoms with Crippen molar-refractivity contribution in [2.24, 2.45) is 0 Å². The Hall–Kier alpha value is 0.500. The van der Waals surface area contributed by atoms with Crippen molar-refractivity contribution in [3.63, 3.8) is 0 Å². The second kappa shape index (κ2) is 6.23. The Morgan fingerprint density at radius 1 is 1.40 bits per heavy atom. The van der Waals surface area contributed by atoms with Gasteiger partial charge in [0.05, 0.1) is 0 Å². The van der Waals surface area contributed by atoms with E-state index < -0.39 is 0 Å². The minimum Gasteiger partial charge on any atom is -0.314 e. The molecule has 1 atom stereocenters. The van der Waals surface area contributed by atoms with E-state index in [0.717, 1.165) is 19.1 Å². The summed E-state index contributed by atoms with van der Waals surface area (Å²) >= 11 is 0. The maximum absolute atomic E-state index is 3.32. The Labute approximate surface area is 75.2 Å². The van der Waals surface area contributed by atoms with Crippen LogP contribution < -0.4 is 5.32 Å². The van der Waals surface area contributed by atoms with E-state index in [-0.39, 0.29) is 24.8 Å².